The molecule has 11 nitrogen and oxygen atoms in total. The molecule has 13 heteroatoms. The molecule has 1 aromatic carbocycles. The number of benzene rings is 1. The van der Waals surface area contributed by atoms with Crippen molar-refractivity contribution >= 4 is 38.5 Å². The number of ether oxygens (including phenoxy) is 3. The summed E-state index contributed by atoms with van der Waals surface area (Å²) in [6, 6.07) is 3.93. The Hall–Kier alpha value is -3.48. The lowest BCUT2D eigenvalue weighted by Crippen LogP contribution is -2.47. The SMILES string of the molecule is CCC(C)S(=O)(=O)NC(=O)C(C)(C)N=C(C)C1CC(Oc2cc(OC(C)C)nc3c(OC)c(F)ccc23)CN1C(C)=O. The molecule has 1 saturated heterocycles. The highest BCUT2D eigenvalue weighted by Gasteiger charge is 2.39. The zero-order valence-corrected chi connectivity index (χ0v) is 26.5. The predicted octanol–water partition coefficient (Wildman–Crippen LogP) is 4.02. The molecule has 3 rings (SSSR count). The first-order valence-corrected chi connectivity index (χ1v) is 15.5. The first kappa shape index (κ1) is 33.0. The van der Waals surface area contributed by atoms with E-state index < -0.39 is 44.7 Å². The normalized spacial score (nSPS) is 18.7. The van der Waals surface area contributed by atoms with Crippen molar-refractivity contribution < 1.29 is 36.6 Å². The number of fused-ring (bicyclic) bond motifs is 1. The number of nitrogens with zero attached hydrogens (tertiary/aromatic N) is 3. The van der Waals surface area contributed by atoms with E-state index in [9.17, 15) is 22.4 Å². The number of hydrogen-bond donors (Lipinski definition) is 1. The van der Waals surface area contributed by atoms with Gasteiger partial charge in [-0.25, -0.2) is 17.8 Å². The van der Waals surface area contributed by atoms with Crippen LogP contribution in [-0.4, -0.2) is 78.5 Å². The number of methoxy groups -OCH3 is 1. The molecule has 1 N–H and O–H groups in total. The van der Waals surface area contributed by atoms with E-state index in [0.29, 0.717) is 29.7 Å². The molecule has 2 aromatic rings. The van der Waals surface area contributed by atoms with Crippen LogP contribution in [0.5, 0.6) is 17.4 Å². The maximum Gasteiger partial charge on any atom is 0.260 e. The molecule has 0 aliphatic carbocycles. The fraction of sp³-hybridized carbons (Fsp3) is 0.586. The maximum atomic E-state index is 14.5. The van der Waals surface area contributed by atoms with Crippen molar-refractivity contribution in [2.24, 2.45) is 4.99 Å². The Bertz CT molecular complexity index is 1480. The summed E-state index contributed by atoms with van der Waals surface area (Å²) in [4.78, 5) is 36.2. The number of aromatic nitrogens is 1. The van der Waals surface area contributed by atoms with Gasteiger partial charge in [0.2, 0.25) is 21.8 Å². The highest BCUT2D eigenvalue weighted by Crippen LogP contribution is 2.37. The molecule has 0 spiro atoms. The van der Waals surface area contributed by atoms with Gasteiger partial charge in [-0.1, -0.05) is 6.92 Å². The number of carbonyl (C=O) groups is 2. The van der Waals surface area contributed by atoms with Crippen LogP contribution in [0.15, 0.2) is 23.2 Å². The van der Waals surface area contributed by atoms with Gasteiger partial charge in [0.25, 0.3) is 5.91 Å². The Morgan fingerprint density at radius 1 is 1.24 bits per heavy atom. The molecule has 232 valence electrons. The molecule has 1 fully saturated rings. The fourth-order valence-corrected chi connectivity index (χ4v) is 5.88. The van der Waals surface area contributed by atoms with Gasteiger partial charge in [0.1, 0.15) is 22.9 Å². The van der Waals surface area contributed by atoms with Crippen molar-refractivity contribution in [2.45, 2.75) is 97.3 Å². The first-order chi connectivity index (χ1) is 19.5. The van der Waals surface area contributed by atoms with Gasteiger partial charge in [-0.3, -0.25) is 19.3 Å². The van der Waals surface area contributed by atoms with Crippen molar-refractivity contribution in [1.29, 1.82) is 0 Å². The van der Waals surface area contributed by atoms with E-state index in [1.807, 2.05) is 13.8 Å². The molecule has 0 radical (unpaired) electrons. The Morgan fingerprint density at radius 3 is 2.48 bits per heavy atom. The lowest BCUT2D eigenvalue weighted by Gasteiger charge is -2.26. The van der Waals surface area contributed by atoms with Gasteiger partial charge in [0, 0.05) is 30.5 Å². The van der Waals surface area contributed by atoms with E-state index in [0.717, 1.165) is 0 Å². The van der Waals surface area contributed by atoms with Gasteiger partial charge < -0.3 is 19.1 Å². The van der Waals surface area contributed by atoms with Gasteiger partial charge in [-0.2, -0.15) is 0 Å². The minimum Gasteiger partial charge on any atom is -0.491 e. The molecule has 1 aromatic heterocycles. The van der Waals surface area contributed by atoms with Crippen molar-refractivity contribution in [3.63, 3.8) is 0 Å². The van der Waals surface area contributed by atoms with Crippen molar-refractivity contribution in [1.82, 2.24) is 14.6 Å². The van der Waals surface area contributed by atoms with E-state index in [1.54, 1.807) is 30.9 Å². The number of nitrogens with one attached hydrogen (secondary N) is 1. The van der Waals surface area contributed by atoms with Crippen molar-refractivity contribution in [2.75, 3.05) is 13.7 Å². The van der Waals surface area contributed by atoms with Gasteiger partial charge >= 0.3 is 0 Å². The number of rotatable bonds is 11. The molecule has 0 bridgehead atoms. The molecule has 2 amide bonds. The number of amides is 2. The molecule has 2 heterocycles. The highest BCUT2D eigenvalue weighted by molar-refractivity contribution is 7.90. The van der Waals surface area contributed by atoms with E-state index in [2.05, 4.69) is 14.7 Å². The molecule has 42 heavy (non-hydrogen) atoms. The quantitative estimate of drug-likeness (QED) is 0.378. The lowest BCUT2D eigenvalue weighted by atomic mass is 10.0. The van der Waals surface area contributed by atoms with Crippen LogP contribution < -0.4 is 18.9 Å². The average Bonchev–Trinajstić information content (AvgIpc) is 3.31. The summed E-state index contributed by atoms with van der Waals surface area (Å²) in [5.74, 6) is -0.983. The lowest BCUT2D eigenvalue weighted by molar-refractivity contribution is -0.128. The third-order valence-electron chi connectivity index (χ3n) is 7.18. The maximum absolute atomic E-state index is 14.5. The number of carbonyl (C=O) groups excluding carboxylic acids is 2. The first-order valence-electron chi connectivity index (χ1n) is 13.9. The van der Waals surface area contributed by atoms with Crippen LogP contribution in [0, 0.1) is 5.82 Å². The monoisotopic (exact) mass is 608 g/mol. The van der Waals surface area contributed by atoms with Crippen LogP contribution in [0.1, 0.15) is 68.2 Å². The predicted molar refractivity (Wildman–Crippen MR) is 158 cm³/mol. The average molecular weight is 609 g/mol. The van der Waals surface area contributed by atoms with Crippen LogP contribution in [0.4, 0.5) is 4.39 Å². The Balaban J connectivity index is 1.93. The standard InChI is InChI=1S/C29H41FN4O7S/c1-10-17(4)42(37,38)33-28(36)29(7,8)32-18(5)23-13-20(15-34(23)19(6)35)41-24-14-25(40-16(2)3)31-26-21(24)11-12-22(30)27(26)39-9/h11-12,14,16-17,20,23H,10,13,15H2,1-9H3,(H,33,36). The zero-order valence-electron chi connectivity index (χ0n) is 25.6. The third-order valence-corrected chi connectivity index (χ3v) is 9.04. The second-order valence-electron chi connectivity index (χ2n) is 11.3. The molecule has 1 aliphatic rings. The van der Waals surface area contributed by atoms with Crippen LogP contribution in [0.3, 0.4) is 0 Å². The molecule has 1 aliphatic heterocycles. The molecular weight excluding hydrogens is 567 g/mol. The molecule has 3 unspecified atom stereocenters. The van der Waals surface area contributed by atoms with Gasteiger partial charge in [0.05, 0.1) is 31.1 Å². The number of aliphatic imine (C=N–C) groups is 1. The van der Waals surface area contributed by atoms with Crippen LogP contribution in [-0.2, 0) is 19.6 Å². The van der Waals surface area contributed by atoms with Gasteiger partial charge in [-0.15, -0.1) is 0 Å². The van der Waals surface area contributed by atoms with Crippen molar-refractivity contribution in [3.8, 4) is 17.4 Å². The van der Waals surface area contributed by atoms with E-state index >= 15 is 0 Å². The van der Waals surface area contributed by atoms with Crippen LogP contribution in [0.25, 0.3) is 10.9 Å². The highest BCUT2D eigenvalue weighted by atomic mass is 32.2. The topological polar surface area (TPSA) is 136 Å². The zero-order chi connectivity index (χ0) is 31.6. The summed E-state index contributed by atoms with van der Waals surface area (Å²) >= 11 is 0. The smallest absolute Gasteiger partial charge is 0.260 e. The van der Waals surface area contributed by atoms with Crippen molar-refractivity contribution in [3.05, 3.63) is 24.0 Å². The van der Waals surface area contributed by atoms with E-state index in [4.69, 9.17) is 14.2 Å². The Morgan fingerprint density at radius 2 is 1.90 bits per heavy atom. The minimum atomic E-state index is -3.85. The third kappa shape index (κ3) is 7.29. The summed E-state index contributed by atoms with van der Waals surface area (Å²) in [5, 5.41) is -0.233. The summed E-state index contributed by atoms with van der Waals surface area (Å²) in [6.45, 7) is 13.3. The molecular formula is C29H41FN4O7S. The summed E-state index contributed by atoms with van der Waals surface area (Å²) in [6.07, 6.45) is 0.00808. The van der Waals surface area contributed by atoms with Gasteiger partial charge in [0.15, 0.2) is 11.6 Å². The number of halogens is 1. The second-order valence-corrected chi connectivity index (χ2v) is 13.4. The summed E-state index contributed by atoms with van der Waals surface area (Å²) < 4.78 is 59.0. The van der Waals surface area contributed by atoms with Crippen LogP contribution >= 0.6 is 0 Å². The van der Waals surface area contributed by atoms with Gasteiger partial charge in [-0.05, 0) is 60.1 Å². The number of pyridine rings is 1. The fourth-order valence-electron chi connectivity index (χ4n) is 4.73. The minimum absolute atomic E-state index is 0.0416. The number of hydrogen-bond acceptors (Lipinski definition) is 9. The van der Waals surface area contributed by atoms with E-state index in [1.165, 1.54) is 40.9 Å². The number of sulfonamides is 1. The summed E-state index contributed by atoms with van der Waals surface area (Å²) in [7, 11) is -2.50. The Kier molecular flexibility index (Phi) is 10.1. The number of likely N-dealkylation sites (tertiary alicyclic amines) is 1. The molecule has 0 saturated carbocycles. The van der Waals surface area contributed by atoms with E-state index in [-0.39, 0.29) is 35.7 Å². The Labute approximate surface area is 246 Å². The molecule has 3 atom stereocenters. The summed E-state index contributed by atoms with van der Waals surface area (Å²) in [5.41, 5.74) is -0.706. The second kappa shape index (κ2) is 12.8. The van der Waals surface area contributed by atoms with Crippen LogP contribution in [0.2, 0.25) is 0 Å². The largest absolute Gasteiger partial charge is 0.491 e.